The quantitative estimate of drug-likeness (QED) is 0.293. The average Bonchev–Trinajstić information content (AvgIpc) is 2.58. The number of rotatable bonds is 13. The van der Waals surface area contributed by atoms with Crippen molar-refractivity contribution >= 4 is 6.29 Å². The van der Waals surface area contributed by atoms with Gasteiger partial charge in [-0.15, -0.1) is 0 Å². The van der Waals surface area contributed by atoms with Gasteiger partial charge in [-0.05, 0) is 72.0 Å². The number of aldehydes is 1. The van der Waals surface area contributed by atoms with Gasteiger partial charge in [0.15, 0.2) is 0 Å². The lowest BCUT2D eigenvalue weighted by atomic mass is 9.53. The molecule has 3 atom stereocenters. The summed E-state index contributed by atoms with van der Waals surface area (Å²) in [6.45, 7) is 35.0. The van der Waals surface area contributed by atoms with Crippen molar-refractivity contribution < 1.29 is 4.79 Å². The first-order valence-electron chi connectivity index (χ1n) is 12.7. The van der Waals surface area contributed by atoms with Gasteiger partial charge in [0.05, 0.1) is 0 Å². The third-order valence-corrected chi connectivity index (χ3v) is 10.4. The lowest BCUT2D eigenvalue weighted by Crippen LogP contribution is -2.56. The van der Waals surface area contributed by atoms with Crippen molar-refractivity contribution in [2.75, 3.05) is 0 Å². The molecule has 2 heteroatoms. The molecule has 0 aromatic carbocycles. The molecule has 0 aliphatic heterocycles. The highest BCUT2D eigenvalue weighted by atomic mass is 16.1. The van der Waals surface area contributed by atoms with Crippen molar-refractivity contribution in [3.05, 3.63) is 0 Å². The van der Waals surface area contributed by atoms with E-state index in [4.69, 9.17) is 5.73 Å². The molecule has 0 amide bonds. The Morgan fingerprint density at radius 3 is 1.52 bits per heavy atom. The first-order chi connectivity index (χ1) is 13.5. The molecule has 0 fully saturated rings. The van der Waals surface area contributed by atoms with E-state index in [1.165, 1.54) is 6.42 Å². The summed E-state index contributed by atoms with van der Waals surface area (Å²) in [5.74, 6) is 1.68. The minimum absolute atomic E-state index is 0.0435. The molecule has 0 bridgehead atoms. The molecule has 31 heavy (non-hydrogen) atoms. The third kappa shape index (κ3) is 7.31. The first kappa shape index (κ1) is 30.6. The lowest BCUT2D eigenvalue weighted by molar-refractivity contribution is -0.115. The summed E-state index contributed by atoms with van der Waals surface area (Å²) in [6, 6.07) is 0. The van der Waals surface area contributed by atoms with Gasteiger partial charge in [0, 0.05) is 11.0 Å². The highest BCUT2D eigenvalue weighted by Gasteiger charge is 2.48. The fourth-order valence-electron chi connectivity index (χ4n) is 4.82. The summed E-state index contributed by atoms with van der Waals surface area (Å²) in [5, 5.41) is 0. The molecule has 2 N–H and O–H groups in total. The van der Waals surface area contributed by atoms with Gasteiger partial charge in [-0.2, -0.15) is 0 Å². The maximum Gasteiger partial charge on any atom is 0.125 e. The van der Waals surface area contributed by atoms with Crippen molar-refractivity contribution in [2.45, 2.75) is 135 Å². The van der Waals surface area contributed by atoms with Crippen LogP contribution in [-0.4, -0.2) is 11.8 Å². The Morgan fingerprint density at radius 1 is 0.677 bits per heavy atom. The van der Waals surface area contributed by atoms with E-state index in [0.717, 1.165) is 25.5 Å². The Morgan fingerprint density at radius 2 is 1.13 bits per heavy atom. The normalized spacial score (nSPS) is 18.6. The Hall–Kier alpha value is -0.370. The Balaban J connectivity index is 5.55. The summed E-state index contributed by atoms with van der Waals surface area (Å²) in [6.07, 6.45) is 5.26. The molecule has 0 saturated carbocycles. The summed E-state index contributed by atoms with van der Waals surface area (Å²) >= 11 is 0. The molecule has 0 aliphatic carbocycles. The van der Waals surface area contributed by atoms with E-state index in [1.54, 1.807) is 0 Å². The van der Waals surface area contributed by atoms with Crippen LogP contribution in [0.4, 0.5) is 0 Å². The molecule has 0 aromatic rings. The van der Waals surface area contributed by atoms with E-state index >= 15 is 0 Å². The minimum Gasteiger partial charge on any atom is -0.325 e. The predicted octanol–water partition coefficient (Wildman–Crippen LogP) is 8.52. The summed E-state index contributed by atoms with van der Waals surface area (Å²) in [4.78, 5) is 11.4. The van der Waals surface area contributed by atoms with Crippen LogP contribution in [0.1, 0.15) is 130 Å². The predicted molar refractivity (Wildman–Crippen MR) is 139 cm³/mol. The number of carbonyl (C=O) groups excluding carboxylic acids is 1. The number of hydrogen-bond donors (Lipinski definition) is 1. The van der Waals surface area contributed by atoms with E-state index < -0.39 is 0 Å². The van der Waals surface area contributed by atoms with Gasteiger partial charge in [-0.1, -0.05) is 96.9 Å². The maximum atomic E-state index is 11.4. The zero-order chi connectivity index (χ0) is 25.3. The fourth-order valence-corrected chi connectivity index (χ4v) is 4.82. The molecule has 186 valence electrons. The smallest absolute Gasteiger partial charge is 0.125 e. The van der Waals surface area contributed by atoms with Crippen molar-refractivity contribution in [3.8, 4) is 0 Å². The van der Waals surface area contributed by atoms with Crippen LogP contribution in [0.3, 0.4) is 0 Å². The molecule has 2 nitrogen and oxygen atoms in total. The zero-order valence-corrected chi connectivity index (χ0v) is 24.1. The van der Waals surface area contributed by atoms with E-state index in [0.29, 0.717) is 23.2 Å². The van der Waals surface area contributed by atoms with Gasteiger partial charge >= 0.3 is 0 Å². The molecule has 0 rings (SSSR count). The summed E-state index contributed by atoms with van der Waals surface area (Å²) in [5.41, 5.74) is 7.17. The SMILES string of the molecule is CC(C)C(C)(C)CC(C)C(C)(C)C(C)(C)CC(C)C(C)(N)C(C)(C)CCC(C)(C)C=O. The monoisotopic (exact) mass is 437 g/mol. The van der Waals surface area contributed by atoms with Crippen LogP contribution in [0.25, 0.3) is 0 Å². The van der Waals surface area contributed by atoms with E-state index in [9.17, 15) is 4.79 Å². The largest absolute Gasteiger partial charge is 0.325 e. The van der Waals surface area contributed by atoms with E-state index in [2.05, 4.69) is 90.0 Å². The van der Waals surface area contributed by atoms with Crippen LogP contribution < -0.4 is 5.73 Å². The number of nitrogens with two attached hydrogens (primary N) is 1. The second-order valence-electron chi connectivity index (χ2n) is 14.7. The minimum atomic E-state index is -0.306. The van der Waals surface area contributed by atoms with Crippen LogP contribution in [0.5, 0.6) is 0 Å². The van der Waals surface area contributed by atoms with Crippen molar-refractivity contribution in [1.82, 2.24) is 0 Å². The standard InChI is InChI=1S/C29H59NO/c1-21(2)25(7,8)18-22(3)28(13,14)27(11,12)19-23(4)29(15,30)26(9,10)17-16-24(5,6)20-31/h20-23H,16-19,30H2,1-15H3. The fraction of sp³-hybridized carbons (Fsp3) is 0.966. The average molecular weight is 438 g/mol. The molecule has 0 aliphatic rings. The van der Waals surface area contributed by atoms with Crippen molar-refractivity contribution in [2.24, 2.45) is 50.6 Å². The van der Waals surface area contributed by atoms with Gasteiger partial charge in [-0.3, -0.25) is 0 Å². The second-order valence-corrected chi connectivity index (χ2v) is 14.7. The summed E-state index contributed by atoms with van der Waals surface area (Å²) in [7, 11) is 0. The van der Waals surface area contributed by atoms with Gasteiger partial charge in [-0.25, -0.2) is 0 Å². The van der Waals surface area contributed by atoms with Crippen LogP contribution in [0, 0.1) is 44.8 Å². The van der Waals surface area contributed by atoms with E-state index in [-0.39, 0.29) is 27.2 Å². The Labute approximate surface area is 196 Å². The molecule has 0 spiro atoms. The molecule has 0 radical (unpaired) electrons. The molecule has 3 unspecified atom stereocenters. The first-order valence-corrected chi connectivity index (χ1v) is 12.7. The molecule has 0 heterocycles. The van der Waals surface area contributed by atoms with Crippen LogP contribution >= 0.6 is 0 Å². The van der Waals surface area contributed by atoms with Crippen LogP contribution in [0.2, 0.25) is 0 Å². The van der Waals surface area contributed by atoms with Crippen LogP contribution in [-0.2, 0) is 4.79 Å². The lowest BCUT2D eigenvalue weighted by Gasteiger charge is -2.53. The van der Waals surface area contributed by atoms with Gasteiger partial charge in [0.2, 0.25) is 0 Å². The third-order valence-electron chi connectivity index (χ3n) is 10.4. The molecular formula is C29H59NO. The van der Waals surface area contributed by atoms with Crippen LogP contribution in [0.15, 0.2) is 0 Å². The van der Waals surface area contributed by atoms with E-state index in [1.807, 2.05) is 13.8 Å². The van der Waals surface area contributed by atoms with Crippen molar-refractivity contribution in [3.63, 3.8) is 0 Å². The van der Waals surface area contributed by atoms with Gasteiger partial charge in [0.1, 0.15) is 6.29 Å². The number of carbonyl (C=O) groups is 1. The molecule has 0 aromatic heterocycles. The van der Waals surface area contributed by atoms with Crippen molar-refractivity contribution in [1.29, 1.82) is 0 Å². The van der Waals surface area contributed by atoms with Gasteiger partial charge in [0.25, 0.3) is 0 Å². The highest BCUT2D eigenvalue weighted by Crippen LogP contribution is 2.54. The molecular weight excluding hydrogens is 378 g/mol. The Bertz CT molecular complexity index is 578. The van der Waals surface area contributed by atoms with Gasteiger partial charge < -0.3 is 10.5 Å². The highest BCUT2D eigenvalue weighted by molar-refractivity contribution is 5.57. The Kier molecular flexibility index (Phi) is 9.74. The topological polar surface area (TPSA) is 43.1 Å². The molecule has 0 saturated heterocycles. The summed E-state index contributed by atoms with van der Waals surface area (Å²) < 4.78 is 0. The zero-order valence-electron chi connectivity index (χ0n) is 24.1. The number of hydrogen-bond acceptors (Lipinski definition) is 2. The maximum absolute atomic E-state index is 11.4. The second kappa shape index (κ2) is 9.86.